The van der Waals surface area contributed by atoms with Crippen molar-refractivity contribution in [3.63, 3.8) is 0 Å². The molecule has 3 aliphatic heterocycles. The van der Waals surface area contributed by atoms with Gasteiger partial charge in [0, 0.05) is 0 Å². The third-order valence-electron chi connectivity index (χ3n) is 16.1. The summed E-state index contributed by atoms with van der Waals surface area (Å²) in [4.78, 5) is 5.75. The summed E-state index contributed by atoms with van der Waals surface area (Å²) in [6.45, 7) is 0.253. The van der Waals surface area contributed by atoms with Crippen LogP contribution in [0.3, 0.4) is 0 Å². The van der Waals surface area contributed by atoms with Crippen molar-refractivity contribution in [2.24, 2.45) is 0 Å². The Hall–Kier alpha value is -4.35. The number of hydrogen-bond donors (Lipinski definition) is 0. The van der Waals surface area contributed by atoms with Crippen molar-refractivity contribution in [2.45, 2.75) is 131 Å². The summed E-state index contributed by atoms with van der Waals surface area (Å²) in [6.07, 6.45) is 22.0. The van der Waals surface area contributed by atoms with E-state index in [9.17, 15) is 0 Å². The van der Waals surface area contributed by atoms with Gasteiger partial charge < -0.3 is 0 Å². The van der Waals surface area contributed by atoms with E-state index in [4.69, 9.17) is 0 Å². The van der Waals surface area contributed by atoms with Gasteiger partial charge >= 0.3 is 374 Å². The maximum atomic E-state index is 2.82. The van der Waals surface area contributed by atoms with Gasteiger partial charge in [-0.3, -0.25) is 0 Å². The molecule has 0 amide bonds. The zero-order chi connectivity index (χ0) is 39.8. The van der Waals surface area contributed by atoms with E-state index < -0.39 is 0 Å². The van der Waals surface area contributed by atoms with E-state index in [1.807, 2.05) is 0 Å². The Morgan fingerprint density at radius 1 is 0.525 bits per heavy atom. The second-order valence-corrected chi connectivity index (χ2v) is 22.6. The normalized spacial score (nSPS) is 20.8. The van der Waals surface area contributed by atoms with Gasteiger partial charge in [-0.25, -0.2) is 0 Å². The van der Waals surface area contributed by atoms with Crippen molar-refractivity contribution >= 4 is 81.0 Å². The van der Waals surface area contributed by atoms with Crippen LogP contribution in [0, 0.1) is 0 Å². The summed E-state index contributed by atoms with van der Waals surface area (Å²) in [7, 11) is 0. The molecule has 61 heavy (non-hydrogen) atoms. The number of aryl methyl sites for hydroxylation is 1. The fourth-order valence-corrected chi connectivity index (χ4v) is 17.5. The van der Waals surface area contributed by atoms with E-state index in [1.165, 1.54) is 157 Å². The van der Waals surface area contributed by atoms with Gasteiger partial charge in [0.15, 0.2) is 0 Å². The third kappa shape index (κ3) is 5.37. The van der Waals surface area contributed by atoms with Crippen LogP contribution in [-0.2, 0) is 38.5 Å². The molecule has 302 valence electrons. The first-order valence-corrected chi connectivity index (χ1v) is 26.4. The first-order chi connectivity index (χ1) is 30.3. The molecule has 5 aromatic carbocycles. The number of nitrogens with zero attached hydrogens (tertiary/aromatic N) is 3. The van der Waals surface area contributed by atoms with Crippen LogP contribution in [0.2, 0.25) is 0 Å². The average Bonchev–Trinajstić information content (AvgIpc) is 3.86. The Kier molecular flexibility index (Phi) is 8.35. The zero-order valence-electron chi connectivity index (χ0n) is 35.1. The Balaban J connectivity index is 0.960. The van der Waals surface area contributed by atoms with E-state index in [0.717, 1.165) is 6.42 Å². The van der Waals surface area contributed by atoms with Crippen LogP contribution < -0.4 is 30.2 Å². The molecule has 2 unspecified atom stereocenters. The van der Waals surface area contributed by atoms with E-state index in [2.05, 4.69) is 123 Å². The molecule has 2 aromatic heterocycles. The quantitative estimate of drug-likeness (QED) is 0.164. The molecule has 0 N–H and O–H groups in total. The molecular formula is C55H52BN3SSe. The van der Waals surface area contributed by atoms with Gasteiger partial charge in [0.25, 0.3) is 0 Å². The van der Waals surface area contributed by atoms with Gasteiger partial charge in [-0.1, -0.05) is 0 Å². The number of rotatable bonds is 3. The van der Waals surface area contributed by atoms with Crippen molar-refractivity contribution in [1.82, 2.24) is 9.13 Å². The molecule has 2 atom stereocenters. The Bertz CT molecular complexity index is 2940. The molecule has 14 rings (SSSR count). The molecule has 1 fully saturated rings. The summed E-state index contributed by atoms with van der Waals surface area (Å²) < 4.78 is 8.62. The molecule has 6 heteroatoms. The molecule has 1 saturated carbocycles. The fourth-order valence-electron chi connectivity index (χ4n) is 13.6. The molecule has 7 aliphatic rings. The first-order valence-electron chi connectivity index (χ1n) is 23.8. The molecule has 0 saturated heterocycles. The van der Waals surface area contributed by atoms with Crippen molar-refractivity contribution in [2.75, 3.05) is 4.90 Å². The van der Waals surface area contributed by atoms with Gasteiger partial charge in [-0.2, -0.15) is 0 Å². The van der Waals surface area contributed by atoms with Crippen molar-refractivity contribution < 1.29 is 0 Å². The second kappa shape index (κ2) is 14.1. The fraction of sp³-hybridized carbons (Fsp3) is 0.345. The average molecular weight is 877 g/mol. The standard InChI is InChI=1S/C55H52BN3SSe/c1-2-14-37-42-19-8-13-25-50(42)59(49(37)20-3-1)36-31-52-55-54(33-36)61-53-32-35(58-47-23-11-6-17-40(47)41-18-7-12-24-48(41)58)27-29-44(53)56(55)43-28-26-34(30-51(43)60-52)57-45-21-9-4-15-38(45)39-16-5-10-22-46(39)57/h4,8-9,13,15,19,21,25-33,37,49H,1-3,5-7,10-12,14,16-18,20,22-24H2. The number of para-hydroxylation sites is 2. The van der Waals surface area contributed by atoms with Gasteiger partial charge in [0.1, 0.15) is 0 Å². The predicted octanol–water partition coefficient (Wildman–Crippen LogP) is 9.57. The molecule has 0 bridgehead atoms. The molecule has 7 aromatic rings. The van der Waals surface area contributed by atoms with E-state index in [1.54, 1.807) is 53.5 Å². The third-order valence-corrected chi connectivity index (χ3v) is 19.6. The van der Waals surface area contributed by atoms with Crippen molar-refractivity contribution in [3.8, 4) is 11.4 Å². The van der Waals surface area contributed by atoms with Crippen LogP contribution in [0.5, 0.6) is 0 Å². The number of hydrogen-bond acceptors (Lipinski definition) is 2. The summed E-state index contributed by atoms with van der Waals surface area (Å²) in [5.41, 5.74) is 23.1. The Morgan fingerprint density at radius 2 is 1.18 bits per heavy atom. The van der Waals surface area contributed by atoms with Crippen LogP contribution in [0.25, 0.3) is 22.3 Å². The Morgan fingerprint density at radius 3 is 2.02 bits per heavy atom. The summed E-state index contributed by atoms with van der Waals surface area (Å²) in [6, 6.07) is 39.9. The molecule has 0 spiro atoms. The summed E-state index contributed by atoms with van der Waals surface area (Å²) in [5.74, 6) is 0.629. The van der Waals surface area contributed by atoms with Crippen molar-refractivity contribution in [3.05, 3.63) is 136 Å². The maximum absolute atomic E-state index is 2.82. The minimum atomic E-state index is 0.207. The molecular weight excluding hydrogens is 824 g/mol. The number of anilines is 2. The summed E-state index contributed by atoms with van der Waals surface area (Å²) in [5, 5.41) is 1.45. The number of aromatic nitrogens is 2. The van der Waals surface area contributed by atoms with Gasteiger partial charge in [0.2, 0.25) is 0 Å². The predicted molar refractivity (Wildman–Crippen MR) is 257 cm³/mol. The van der Waals surface area contributed by atoms with E-state index >= 15 is 0 Å². The van der Waals surface area contributed by atoms with Crippen LogP contribution in [0.1, 0.15) is 116 Å². The zero-order valence-corrected chi connectivity index (χ0v) is 37.7. The second-order valence-electron chi connectivity index (χ2n) is 19.3. The number of fused-ring (bicyclic) bond motifs is 13. The molecule has 0 radical (unpaired) electrons. The molecule has 5 heterocycles. The Labute approximate surface area is 371 Å². The first kappa shape index (κ1) is 36.2. The van der Waals surface area contributed by atoms with Gasteiger partial charge in [0.05, 0.1) is 0 Å². The van der Waals surface area contributed by atoms with Crippen LogP contribution >= 0.6 is 11.8 Å². The van der Waals surface area contributed by atoms with Gasteiger partial charge in [-0.05, 0) is 0 Å². The van der Waals surface area contributed by atoms with Gasteiger partial charge in [-0.15, -0.1) is 0 Å². The molecule has 3 nitrogen and oxygen atoms in total. The summed E-state index contributed by atoms with van der Waals surface area (Å²) >= 11 is 2.27. The number of benzene rings is 5. The van der Waals surface area contributed by atoms with E-state index in [-0.39, 0.29) is 21.7 Å². The minimum absolute atomic E-state index is 0.207. The monoisotopic (exact) mass is 877 g/mol. The molecule has 4 aliphatic carbocycles. The SMILES string of the molecule is c1ccc2c(c1)C1CCCCCC1N2c1cc2c3c(c1)[Se]c1cc(-n4c5c(c6c4CCCC6)CCCC5)ccc1B3c1ccc(-n3c4c(c5ccccc53)CCCC4)cc1S2. The van der Waals surface area contributed by atoms with Crippen molar-refractivity contribution in [1.29, 1.82) is 0 Å². The topological polar surface area (TPSA) is 13.1 Å². The van der Waals surface area contributed by atoms with Crippen LogP contribution in [-0.4, -0.2) is 36.8 Å². The van der Waals surface area contributed by atoms with Crippen LogP contribution in [0.15, 0.2) is 107 Å². The van der Waals surface area contributed by atoms with E-state index in [0.29, 0.717) is 12.0 Å². The van der Waals surface area contributed by atoms with Crippen LogP contribution in [0.4, 0.5) is 11.4 Å².